The molecule has 4 nitrogen and oxygen atoms in total. The SMILES string of the molecule is CC1(C)c2cc(-c3ccc(/C=C4\C=CC(C=C(C#N)C#N)S4)s3)sc2-c2sc(-c3ccc(/C=c4\ccc(=C(C#N)C#N)s4)s3)cc21. The van der Waals surface area contributed by atoms with Crippen molar-refractivity contribution in [2.45, 2.75) is 24.5 Å². The van der Waals surface area contributed by atoms with Gasteiger partial charge in [-0.25, -0.2) is 0 Å². The van der Waals surface area contributed by atoms with Crippen molar-refractivity contribution in [2.75, 3.05) is 0 Å². The van der Waals surface area contributed by atoms with Gasteiger partial charge in [0.25, 0.3) is 0 Å². The van der Waals surface area contributed by atoms with Gasteiger partial charge < -0.3 is 0 Å². The van der Waals surface area contributed by atoms with Crippen LogP contribution in [0.15, 0.2) is 77.2 Å². The zero-order chi connectivity index (χ0) is 32.0. The topological polar surface area (TPSA) is 95.2 Å². The molecular weight excluding hydrogens is 681 g/mol. The van der Waals surface area contributed by atoms with Crippen molar-refractivity contribution in [3.05, 3.63) is 107 Å². The Kier molecular flexibility index (Phi) is 8.05. The van der Waals surface area contributed by atoms with Gasteiger partial charge in [0.05, 0.1) is 4.53 Å². The van der Waals surface area contributed by atoms with E-state index in [4.69, 9.17) is 10.5 Å². The summed E-state index contributed by atoms with van der Waals surface area (Å²) in [6.45, 7) is 4.65. The zero-order valence-electron chi connectivity index (χ0n) is 24.3. The molecule has 0 N–H and O–H groups in total. The molecule has 2 aliphatic rings. The number of rotatable bonds is 5. The normalized spacial score (nSPS) is 16.8. The number of hydrogen-bond donors (Lipinski definition) is 0. The predicted octanol–water partition coefficient (Wildman–Crippen LogP) is 9.65. The van der Waals surface area contributed by atoms with Crippen LogP contribution in [0.4, 0.5) is 0 Å². The van der Waals surface area contributed by atoms with E-state index in [1.54, 1.807) is 40.5 Å². The minimum atomic E-state index is -0.0783. The number of nitriles is 4. The molecule has 1 unspecified atom stereocenters. The van der Waals surface area contributed by atoms with Crippen molar-refractivity contribution in [3.8, 4) is 53.5 Å². The number of nitrogens with zero attached hydrogens (tertiary/aromatic N) is 4. The molecule has 6 heterocycles. The number of allylic oxidation sites excluding steroid dienone is 2. The van der Waals surface area contributed by atoms with Crippen LogP contribution in [-0.2, 0) is 5.41 Å². The molecule has 1 aliphatic carbocycles. The van der Waals surface area contributed by atoms with Crippen LogP contribution in [0, 0.1) is 45.3 Å². The van der Waals surface area contributed by atoms with Crippen LogP contribution in [-0.4, -0.2) is 5.25 Å². The quantitative estimate of drug-likeness (QED) is 0.170. The Balaban J connectivity index is 1.13. The first-order valence-electron chi connectivity index (χ1n) is 14.0. The van der Waals surface area contributed by atoms with Gasteiger partial charge in [-0.3, -0.25) is 0 Å². The molecule has 0 radical (unpaired) electrons. The van der Waals surface area contributed by atoms with Gasteiger partial charge in [-0.05, 0) is 77.9 Å². The Morgan fingerprint density at radius 3 is 1.89 bits per heavy atom. The van der Waals surface area contributed by atoms with Crippen LogP contribution in [0.5, 0.6) is 0 Å². The predicted molar refractivity (Wildman–Crippen MR) is 196 cm³/mol. The largest absolute Gasteiger partial charge is 0.192 e. The maximum Gasteiger partial charge on any atom is 0.146 e. The van der Waals surface area contributed by atoms with Gasteiger partial charge in [0.1, 0.15) is 35.4 Å². The molecule has 220 valence electrons. The van der Waals surface area contributed by atoms with Gasteiger partial charge in [-0.1, -0.05) is 26.0 Å². The first-order chi connectivity index (χ1) is 22.3. The number of hydrogen-bond acceptors (Lipinski definition) is 10. The van der Waals surface area contributed by atoms with Crippen molar-refractivity contribution < 1.29 is 0 Å². The van der Waals surface area contributed by atoms with E-state index in [2.05, 4.69) is 68.5 Å². The van der Waals surface area contributed by atoms with Crippen molar-refractivity contribution >= 4 is 86.2 Å². The van der Waals surface area contributed by atoms with E-state index in [-0.39, 0.29) is 21.8 Å². The molecule has 10 heteroatoms. The summed E-state index contributed by atoms with van der Waals surface area (Å²) < 4.78 is 1.72. The van der Waals surface area contributed by atoms with Gasteiger partial charge in [-0.15, -0.1) is 68.4 Å². The number of fused-ring (bicyclic) bond motifs is 3. The van der Waals surface area contributed by atoms with Crippen molar-refractivity contribution in [3.63, 3.8) is 0 Å². The summed E-state index contributed by atoms with van der Waals surface area (Å²) in [5.74, 6) is 0. The minimum absolute atomic E-state index is 0.00748. The summed E-state index contributed by atoms with van der Waals surface area (Å²) in [4.78, 5) is 11.2. The molecule has 0 amide bonds. The van der Waals surface area contributed by atoms with Crippen LogP contribution in [0.2, 0.25) is 0 Å². The summed E-state index contributed by atoms with van der Waals surface area (Å²) >= 11 is 10.4. The lowest BCUT2D eigenvalue weighted by Gasteiger charge is -2.19. The molecule has 7 rings (SSSR count). The Morgan fingerprint density at radius 1 is 0.696 bits per heavy atom. The van der Waals surface area contributed by atoms with Gasteiger partial charge >= 0.3 is 0 Å². The fourth-order valence-electron chi connectivity index (χ4n) is 5.40. The first kappa shape index (κ1) is 30.4. The Bertz CT molecular complexity index is 2410. The molecule has 0 spiro atoms. The van der Waals surface area contributed by atoms with E-state index in [0.717, 1.165) is 14.3 Å². The molecule has 1 atom stereocenters. The van der Waals surface area contributed by atoms with Gasteiger partial charge in [-0.2, -0.15) is 21.0 Å². The van der Waals surface area contributed by atoms with E-state index >= 15 is 0 Å². The molecule has 0 saturated carbocycles. The van der Waals surface area contributed by atoms with E-state index in [9.17, 15) is 10.5 Å². The van der Waals surface area contributed by atoms with Crippen molar-refractivity contribution in [2.24, 2.45) is 0 Å². The first-order valence-corrected chi connectivity index (χ1v) is 19.0. The van der Waals surface area contributed by atoms with Crippen molar-refractivity contribution in [1.29, 1.82) is 21.0 Å². The molecule has 46 heavy (non-hydrogen) atoms. The number of thioether (sulfide) groups is 1. The second kappa shape index (κ2) is 12.2. The average molecular weight is 701 g/mol. The highest BCUT2D eigenvalue weighted by Crippen LogP contribution is 2.58. The van der Waals surface area contributed by atoms with Crippen LogP contribution in [0.3, 0.4) is 0 Å². The van der Waals surface area contributed by atoms with Gasteiger partial charge in [0.15, 0.2) is 0 Å². The summed E-state index contributed by atoms with van der Waals surface area (Å²) in [5.41, 5.74) is 3.00. The minimum Gasteiger partial charge on any atom is -0.192 e. The van der Waals surface area contributed by atoms with Crippen LogP contribution in [0.25, 0.3) is 47.0 Å². The fraction of sp³-hybridized carbons (Fsp3) is 0.111. The third-order valence-electron chi connectivity index (χ3n) is 7.72. The summed E-state index contributed by atoms with van der Waals surface area (Å²) in [6, 6.07) is 25.1. The van der Waals surface area contributed by atoms with Gasteiger partial charge in [0.2, 0.25) is 0 Å². The Hall–Kier alpha value is -4.23. The van der Waals surface area contributed by atoms with Crippen LogP contribution >= 0.6 is 68.4 Å². The highest BCUT2D eigenvalue weighted by Gasteiger charge is 2.39. The van der Waals surface area contributed by atoms with Crippen LogP contribution < -0.4 is 9.06 Å². The molecule has 5 aromatic heterocycles. The highest BCUT2D eigenvalue weighted by molar-refractivity contribution is 8.04. The Labute approximate surface area is 290 Å². The third kappa shape index (κ3) is 5.55. The lowest BCUT2D eigenvalue weighted by molar-refractivity contribution is 0.663. The lowest BCUT2D eigenvalue weighted by atomic mass is 9.84. The second-order valence-corrected chi connectivity index (χ2v) is 17.7. The number of thiophene rings is 5. The maximum absolute atomic E-state index is 9.17. The monoisotopic (exact) mass is 700 g/mol. The summed E-state index contributed by atoms with van der Waals surface area (Å²) in [6.07, 6.45) is 10.1. The molecule has 1 aliphatic heterocycles. The van der Waals surface area contributed by atoms with Crippen molar-refractivity contribution in [1.82, 2.24) is 0 Å². The lowest BCUT2D eigenvalue weighted by Crippen LogP contribution is -2.13. The Morgan fingerprint density at radius 2 is 1.30 bits per heavy atom. The third-order valence-corrected chi connectivity index (χ3v) is 14.7. The second-order valence-electron chi connectivity index (χ2n) is 11.0. The molecule has 0 saturated heterocycles. The maximum atomic E-state index is 9.17. The summed E-state index contributed by atoms with van der Waals surface area (Å²) in [7, 11) is 0. The molecular formula is C36H20N4S6. The highest BCUT2D eigenvalue weighted by atomic mass is 32.2. The van der Waals surface area contributed by atoms with E-state index < -0.39 is 0 Å². The summed E-state index contributed by atoms with van der Waals surface area (Å²) in [5, 5.41) is 36.5. The standard InChI is InChI=1S/C36H20N4S6/c1-36(2)27-14-32(30-9-6-25(43-30)12-23-4-3-22(41-23)11-20(16-37)17-38)45-34(27)35-28(36)15-33(46-35)31-10-7-26(44-31)13-24-5-8-29(42-24)21(18-39)19-40/h3-15,22H,1-2H3/b23-12+,24-13+. The van der Waals surface area contributed by atoms with E-state index in [1.165, 1.54) is 56.6 Å². The molecule has 0 aromatic carbocycles. The van der Waals surface area contributed by atoms with Crippen LogP contribution in [0.1, 0.15) is 34.7 Å². The van der Waals surface area contributed by atoms with Gasteiger partial charge in [0, 0.05) is 59.1 Å². The zero-order valence-corrected chi connectivity index (χ0v) is 29.2. The average Bonchev–Trinajstić information content (AvgIpc) is 3.89. The fourth-order valence-corrected chi connectivity index (χ4v) is 12.4. The smallest absolute Gasteiger partial charge is 0.146 e. The van der Waals surface area contributed by atoms with E-state index in [1.807, 2.05) is 65.2 Å². The molecule has 5 aromatic rings. The molecule has 0 bridgehead atoms. The van der Waals surface area contributed by atoms with E-state index in [0.29, 0.717) is 4.53 Å². The molecule has 0 fully saturated rings.